The average molecular weight is 256 g/mol. The van der Waals surface area contributed by atoms with Crippen molar-refractivity contribution in [1.82, 2.24) is 4.90 Å². The zero-order valence-corrected chi connectivity index (χ0v) is 11.2. The van der Waals surface area contributed by atoms with Gasteiger partial charge >= 0.3 is 5.97 Å². The maximum absolute atomic E-state index is 11.9. The molecule has 1 saturated heterocycles. The quantitative estimate of drug-likeness (QED) is 0.566. The van der Waals surface area contributed by atoms with E-state index in [9.17, 15) is 9.59 Å². The van der Waals surface area contributed by atoms with E-state index in [4.69, 9.17) is 10.5 Å². The number of piperidine rings is 1. The first-order valence-corrected chi connectivity index (χ1v) is 6.83. The number of carbonyl (C=O) groups is 2. The molecule has 1 amide bonds. The Bertz CT molecular complexity index is 281. The maximum atomic E-state index is 11.9. The minimum absolute atomic E-state index is 0.137. The zero-order chi connectivity index (χ0) is 13.4. The lowest BCUT2D eigenvalue weighted by molar-refractivity contribution is -0.151. The Balaban J connectivity index is 2.38. The lowest BCUT2D eigenvalue weighted by Crippen LogP contribution is -2.42. The van der Waals surface area contributed by atoms with E-state index in [1.54, 1.807) is 11.8 Å². The van der Waals surface area contributed by atoms with Crippen LogP contribution in [-0.4, -0.2) is 43.0 Å². The Hall–Kier alpha value is -1.10. The Kier molecular flexibility index (Phi) is 6.72. The van der Waals surface area contributed by atoms with Gasteiger partial charge < -0.3 is 15.4 Å². The van der Waals surface area contributed by atoms with Crippen LogP contribution >= 0.6 is 0 Å². The van der Waals surface area contributed by atoms with Crippen molar-refractivity contribution < 1.29 is 14.3 Å². The second-order valence-electron chi connectivity index (χ2n) is 4.68. The topological polar surface area (TPSA) is 72.6 Å². The van der Waals surface area contributed by atoms with Gasteiger partial charge in [0.05, 0.1) is 12.5 Å². The number of likely N-dealkylation sites (tertiary alicyclic amines) is 1. The summed E-state index contributed by atoms with van der Waals surface area (Å²) in [6.45, 7) is 4.10. The largest absolute Gasteiger partial charge is 0.466 e. The molecule has 1 aliphatic rings. The van der Waals surface area contributed by atoms with Gasteiger partial charge in [0, 0.05) is 19.5 Å². The molecule has 1 unspecified atom stereocenters. The highest BCUT2D eigenvalue weighted by Gasteiger charge is 2.28. The third-order valence-corrected chi connectivity index (χ3v) is 3.24. The summed E-state index contributed by atoms with van der Waals surface area (Å²) in [7, 11) is 0. The van der Waals surface area contributed by atoms with E-state index in [1.165, 1.54) is 0 Å². The van der Waals surface area contributed by atoms with Gasteiger partial charge in [0.2, 0.25) is 5.91 Å². The Morgan fingerprint density at radius 3 is 2.83 bits per heavy atom. The van der Waals surface area contributed by atoms with E-state index >= 15 is 0 Å². The van der Waals surface area contributed by atoms with E-state index < -0.39 is 0 Å². The number of nitrogens with zero attached hydrogens (tertiary/aromatic N) is 1. The highest BCUT2D eigenvalue weighted by atomic mass is 16.5. The number of amides is 1. The third-order valence-electron chi connectivity index (χ3n) is 3.24. The predicted octanol–water partition coefficient (Wildman–Crippen LogP) is 0.917. The van der Waals surface area contributed by atoms with Crippen molar-refractivity contribution >= 4 is 11.9 Å². The molecule has 0 spiro atoms. The molecule has 1 rings (SSSR count). The third kappa shape index (κ3) is 4.64. The molecule has 0 bridgehead atoms. The van der Waals surface area contributed by atoms with Crippen molar-refractivity contribution in [2.24, 2.45) is 11.7 Å². The number of unbranched alkanes of at least 4 members (excludes halogenated alkanes) is 1. The van der Waals surface area contributed by atoms with E-state index in [1.807, 2.05) is 0 Å². The molecule has 18 heavy (non-hydrogen) atoms. The summed E-state index contributed by atoms with van der Waals surface area (Å²) in [4.78, 5) is 25.4. The number of hydrogen-bond donors (Lipinski definition) is 1. The molecule has 2 N–H and O–H groups in total. The fourth-order valence-corrected chi connectivity index (χ4v) is 2.23. The smallest absolute Gasteiger partial charge is 0.310 e. The van der Waals surface area contributed by atoms with Crippen LogP contribution in [0.2, 0.25) is 0 Å². The second-order valence-corrected chi connectivity index (χ2v) is 4.68. The second kappa shape index (κ2) is 8.08. The van der Waals surface area contributed by atoms with Crippen LogP contribution < -0.4 is 5.73 Å². The van der Waals surface area contributed by atoms with Gasteiger partial charge in [0.25, 0.3) is 0 Å². The summed E-state index contributed by atoms with van der Waals surface area (Å²) in [5, 5.41) is 0. The molecule has 0 radical (unpaired) electrons. The number of esters is 1. The van der Waals surface area contributed by atoms with Crippen LogP contribution in [0.15, 0.2) is 0 Å². The van der Waals surface area contributed by atoms with Crippen molar-refractivity contribution in [2.75, 3.05) is 26.2 Å². The molecule has 5 heteroatoms. The number of rotatable bonds is 6. The predicted molar refractivity (Wildman–Crippen MR) is 68.8 cm³/mol. The molecule has 104 valence electrons. The van der Waals surface area contributed by atoms with Crippen LogP contribution in [0.1, 0.15) is 39.0 Å². The molecule has 1 heterocycles. The van der Waals surface area contributed by atoms with E-state index in [0.29, 0.717) is 26.1 Å². The lowest BCUT2D eigenvalue weighted by Gasteiger charge is -2.31. The van der Waals surface area contributed by atoms with Crippen molar-refractivity contribution in [3.8, 4) is 0 Å². The number of hydrogen-bond acceptors (Lipinski definition) is 4. The van der Waals surface area contributed by atoms with Crippen LogP contribution in [0.3, 0.4) is 0 Å². The zero-order valence-electron chi connectivity index (χ0n) is 11.2. The molecule has 5 nitrogen and oxygen atoms in total. The Morgan fingerprint density at radius 1 is 1.39 bits per heavy atom. The number of carbonyl (C=O) groups excluding carboxylic acids is 2. The van der Waals surface area contributed by atoms with Gasteiger partial charge in [0.1, 0.15) is 0 Å². The summed E-state index contributed by atoms with van der Waals surface area (Å²) < 4.78 is 5.01. The van der Waals surface area contributed by atoms with Crippen LogP contribution in [0, 0.1) is 5.92 Å². The van der Waals surface area contributed by atoms with Gasteiger partial charge in [-0.2, -0.15) is 0 Å². The summed E-state index contributed by atoms with van der Waals surface area (Å²) in [6, 6.07) is 0. The van der Waals surface area contributed by atoms with Crippen molar-refractivity contribution in [3.63, 3.8) is 0 Å². The molecule has 0 aromatic heterocycles. The standard InChI is InChI=1S/C13H24N2O3/c1-2-18-13(17)11-6-5-9-15(10-11)12(16)7-3-4-8-14/h11H,2-10,14H2,1H3. The average Bonchev–Trinajstić information content (AvgIpc) is 2.39. The summed E-state index contributed by atoms with van der Waals surface area (Å²) in [5.41, 5.74) is 5.40. The Labute approximate surface area is 109 Å². The van der Waals surface area contributed by atoms with Crippen molar-refractivity contribution in [3.05, 3.63) is 0 Å². The molecular weight excluding hydrogens is 232 g/mol. The summed E-state index contributed by atoms with van der Waals surface area (Å²) in [5.74, 6) is -0.174. The van der Waals surface area contributed by atoms with E-state index in [-0.39, 0.29) is 17.8 Å². The fraction of sp³-hybridized carbons (Fsp3) is 0.846. The van der Waals surface area contributed by atoms with Gasteiger partial charge in [-0.15, -0.1) is 0 Å². The van der Waals surface area contributed by atoms with Gasteiger partial charge in [0.15, 0.2) is 0 Å². The van der Waals surface area contributed by atoms with Crippen molar-refractivity contribution in [2.45, 2.75) is 39.0 Å². The number of nitrogens with two attached hydrogens (primary N) is 1. The van der Waals surface area contributed by atoms with Crippen LogP contribution in [0.25, 0.3) is 0 Å². The lowest BCUT2D eigenvalue weighted by atomic mass is 9.98. The SMILES string of the molecule is CCOC(=O)C1CCCN(C(=O)CCCCN)C1. The summed E-state index contributed by atoms with van der Waals surface area (Å²) in [6.07, 6.45) is 3.95. The van der Waals surface area contributed by atoms with Gasteiger partial charge in [-0.3, -0.25) is 9.59 Å². The fourth-order valence-electron chi connectivity index (χ4n) is 2.23. The van der Waals surface area contributed by atoms with Crippen LogP contribution in [0.4, 0.5) is 0 Å². The minimum atomic E-state index is -0.169. The monoisotopic (exact) mass is 256 g/mol. The molecule has 0 aromatic rings. The molecule has 0 saturated carbocycles. The highest BCUT2D eigenvalue weighted by molar-refractivity contribution is 5.78. The first kappa shape index (κ1) is 15.0. The van der Waals surface area contributed by atoms with Crippen LogP contribution in [-0.2, 0) is 14.3 Å². The normalized spacial score (nSPS) is 19.7. The Morgan fingerprint density at radius 2 is 2.17 bits per heavy atom. The van der Waals surface area contributed by atoms with Gasteiger partial charge in [-0.1, -0.05) is 0 Å². The maximum Gasteiger partial charge on any atom is 0.310 e. The molecule has 0 aliphatic carbocycles. The van der Waals surface area contributed by atoms with Gasteiger partial charge in [-0.05, 0) is 39.2 Å². The first-order chi connectivity index (χ1) is 8.69. The highest BCUT2D eigenvalue weighted by Crippen LogP contribution is 2.19. The molecule has 1 fully saturated rings. The van der Waals surface area contributed by atoms with Crippen LogP contribution in [0.5, 0.6) is 0 Å². The first-order valence-electron chi connectivity index (χ1n) is 6.83. The number of ether oxygens (including phenoxy) is 1. The van der Waals surface area contributed by atoms with Crippen molar-refractivity contribution in [1.29, 1.82) is 0 Å². The van der Waals surface area contributed by atoms with E-state index in [0.717, 1.165) is 32.2 Å². The molecule has 1 aliphatic heterocycles. The van der Waals surface area contributed by atoms with E-state index in [2.05, 4.69) is 0 Å². The molecular formula is C13H24N2O3. The minimum Gasteiger partial charge on any atom is -0.466 e. The van der Waals surface area contributed by atoms with Gasteiger partial charge in [-0.25, -0.2) is 0 Å². The summed E-state index contributed by atoms with van der Waals surface area (Å²) >= 11 is 0. The molecule has 0 aromatic carbocycles. The molecule has 1 atom stereocenters.